The highest BCUT2D eigenvalue weighted by atomic mass is 35.5. The Morgan fingerprint density at radius 1 is 1.10 bits per heavy atom. The highest BCUT2D eigenvalue weighted by molar-refractivity contribution is 6.32. The zero-order chi connectivity index (χ0) is 20.6. The SMILES string of the molecule is CC(=O)C[C@@H](C)/C=C/c1ccc(Oc2ccc(Oc3ccncc3)cc2Cl)nc1. The number of Topliss-reactive ketones (excluding diaryl/α,β-unsaturated/α-hetero) is 1. The Hall–Kier alpha value is -3.18. The molecule has 2 aromatic heterocycles. The summed E-state index contributed by atoms with van der Waals surface area (Å²) in [6.45, 7) is 3.60. The first-order valence-electron chi connectivity index (χ1n) is 9.18. The van der Waals surface area contributed by atoms with Crippen LogP contribution in [0.1, 0.15) is 25.8 Å². The fourth-order valence-electron chi connectivity index (χ4n) is 2.63. The van der Waals surface area contributed by atoms with Crippen LogP contribution in [-0.4, -0.2) is 15.8 Å². The van der Waals surface area contributed by atoms with E-state index < -0.39 is 0 Å². The summed E-state index contributed by atoms with van der Waals surface area (Å²) in [5.41, 5.74) is 0.931. The normalized spacial score (nSPS) is 12.0. The first-order chi connectivity index (χ1) is 14.0. The molecule has 6 heteroatoms. The Kier molecular flexibility index (Phi) is 6.98. The van der Waals surface area contributed by atoms with Crippen LogP contribution in [0.3, 0.4) is 0 Å². The summed E-state index contributed by atoms with van der Waals surface area (Å²) in [5.74, 6) is 2.56. The summed E-state index contributed by atoms with van der Waals surface area (Å²) in [7, 11) is 0. The van der Waals surface area contributed by atoms with Crippen molar-refractivity contribution in [2.45, 2.75) is 20.3 Å². The lowest BCUT2D eigenvalue weighted by molar-refractivity contribution is -0.117. The summed E-state index contributed by atoms with van der Waals surface area (Å²) in [5, 5.41) is 0.417. The maximum atomic E-state index is 11.1. The molecular weight excluding hydrogens is 388 g/mol. The number of pyridine rings is 2. The van der Waals surface area contributed by atoms with Gasteiger partial charge in [-0.3, -0.25) is 4.98 Å². The average Bonchev–Trinajstić information content (AvgIpc) is 2.70. The minimum Gasteiger partial charge on any atom is -0.457 e. The molecule has 0 unspecified atom stereocenters. The van der Waals surface area contributed by atoms with Crippen molar-refractivity contribution in [1.29, 1.82) is 0 Å². The van der Waals surface area contributed by atoms with E-state index in [1.54, 1.807) is 61.9 Å². The molecule has 0 fully saturated rings. The minimum atomic E-state index is 0.179. The number of halogens is 1. The topological polar surface area (TPSA) is 61.3 Å². The third kappa shape index (κ3) is 6.43. The monoisotopic (exact) mass is 408 g/mol. The molecule has 0 aliphatic carbocycles. The maximum absolute atomic E-state index is 11.1. The number of carbonyl (C=O) groups excluding carboxylic acids is 1. The van der Waals surface area contributed by atoms with E-state index in [4.69, 9.17) is 21.1 Å². The van der Waals surface area contributed by atoms with Crippen LogP contribution >= 0.6 is 11.6 Å². The molecule has 0 spiro atoms. The molecule has 1 aromatic carbocycles. The number of ketones is 1. The number of nitrogens with zero attached hydrogens (tertiary/aromatic N) is 2. The molecule has 0 radical (unpaired) electrons. The predicted molar refractivity (Wildman–Crippen MR) is 114 cm³/mol. The molecule has 5 nitrogen and oxygen atoms in total. The van der Waals surface area contributed by atoms with Crippen molar-refractivity contribution in [3.05, 3.63) is 77.7 Å². The number of ether oxygens (including phenoxy) is 2. The van der Waals surface area contributed by atoms with Gasteiger partial charge >= 0.3 is 0 Å². The van der Waals surface area contributed by atoms with E-state index >= 15 is 0 Å². The van der Waals surface area contributed by atoms with Crippen LogP contribution in [0.5, 0.6) is 23.1 Å². The molecule has 29 heavy (non-hydrogen) atoms. The van der Waals surface area contributed by atoms with Gasteiger partial charge in [-0.1, -0.05) is 30.7 Å². The summed E-state index contributed by atoms with van der Waals surface area (Å²) in [4.78, 5) is 19.4. The highest BCUT2D eigenvalue weighted by Crippen LogP contribution is 2.33. The van der Waals surface area contributed by atoms with Crippen LogP contribution in [0.4, 0.5) is 0 Å². The number of rotatable bonds is 8. The van der Waals surface area contributed by atoms with E-state index in [9.17, 15) is 4.79 Å². The van der Waals surface area contributed by atoms with Crippen molar-refractivity contribution in [3.63, 3.8) is 0 Å². The molecule has 3 rings (SSSR count). The zero-order valence-corrected chi connectivity index (χ0v) is 17.0. The van der Waals surface area contributed by atoms with Gasteiger partial charge in [0.05, 0.1) is 5.02 Å². The van der Waals surface area contributed by atoms with Gasteiger partial charge in [0.1, 0.15) is 23.0 Å². The Morgan fingerprint density at radius 3 is 2.55 bits per heavy atom. The van der Waals surface area contributed by atoms with Crippen molar-refractivity contribution in [2.24, 2.45) is 5.92 Å². The minimum absolute atomic E-state index is 0.179. The van der Waals surface area contributed by atoms with Gasteiger partial charge in [-0.25, -0.2) is 4.98 Å². The second-order valence-corrected chi connectivity index (χ2v) is 7.06. The van der Waals surface area contributed by atoms with E-state index in [1.807, 2.05) is 25.1 Å². The maximum Gasteiger partial charge on any atom is 0.219 e. The zero-order valence-electron chi connectivity index (χ0n) is 16.2. The smallest absolute Gasteiger partial charge is 0.219 e. The Balaban J connectivity index is 1.62. The summed E-state index contributed by atoms with van der Waals surface area (Å²) < 4.78 is 11.5. The molecule has 0 saturated heterocycles. The van der Waals surface area contributed by atoms with Crippen LogP contribution in [0.25, 0.3) is 6.08 Å². The van der Waals surface area contributed by atoms with E-state index in [-0.39, 0.29) is 11.7 Å². The van der Waals surface area contributed by atoms with Gasteiger partial charge in [-0.15, -0.1) is 0 Å². The van der Waals surface area contributed by atoms with Gasteiger partial charge in [0.2, 0.25) is 5.88 Å². The van der Waals surface area contributed by atoms with E-state index in [1.165, 1.54) is 0 Å². The van der Waals surface area contributed by atoms with Gasteiger partial charge in [-0.2, -0.15) is 0 Å². The summed E-state index contributed by atoms with van der Waals surface area (Å²) in [6.07, 6.45) is 9.50. The number of hydrogen-bond donors (Lipinski definition) is 0. The number of benzene rings is 1. The third-order valence-electron chi connectivity index (χ3n) is 3.99. The molecule has 2 heterocycles. The van der Waals surface area contributed by atoms with Gasteiger partial charge in [0.25, 0.3) is 0 Å². The van der Waals surface area contributed by atoms with Crippen molar-refractivity contribution in [1.82, 2.24) is 9.97 Å². The van der Waals surface area contributed by atoms with Crippen molar-refractivity contribution < 1.29 is 14.3 Å². The Bertz CT molecular complexity index is 989. The van der Waals surface area contributed by atoms with Crippen LogP contribution in [-0.2, 0) is 4.79 Å². The second kappa shape index (κ2) is 9.85. The van der Waals surface area contributed by atoms with Crippen molar-refractivity contribution >= 4 is 23.5 Å². The van der Waals surface area contributed by atoms with Gasteiger partial charge < -0.3 is 14.3 Å². The Morgan fingerprint density at radius 2 is 1.90 bits per heavy atom. The number of allylic oxidation sites excluding steroid dienone is 1. The molecule has 3 aromatic rings. The van der Waals surface area contributed by atoms with Crippen LogP contribution in [0.2, 0.25) is 5.02 Å². The van der Waals surface area contributed by atoms with Crippen LogP contribution in [0, 0.1) is 5.92 Å². The van der Waals surface area contributed by atoms with Crippen LogP contribution < -0.4 is 9.47 Å². The van der Waals surface area contributed by atoms with E-state index in [0.717, 1.165) is 5.56 Å². The quantitative estimate of drug-likeness (QED) is 0.435. The lowest BCUT2D eigenvalue weighted by Gasteiger charge is -2.10. The van der Waals surface area contributed by atoms with Crippen LogP contribution in [0.15, 0.2) is 67.1 Å². The molecule has 0 aliphatic rings. The van der Waals surface area contributed by atoms with Gasteiger partial charge in [-0.05, 0) is 48.7 Å². The summed E-state index contributed by atoms with van der Waals surface area (Å²) >= 11 is 6.32. The molecule has 1 atom stereocenters. The number of carbonyl (C=O) groups is 1. The molecule has 0 saturated carbocycles. The molecule has 148 valence electrons. The van der Waals surface area contributed by atoms with Crippen molar-refractivity contribution in [2.75, 3.05) is 0 Å². The fourth-order valence-corrected chi connectivity index (χ4v) is 2.84. The van der Waals surface area contributed by atoms with Crippen molar-refractivity contribution in [3.8, 4) is 23.1 Å². The molecule has 0 aliphatic heterocycles. The average molecular weight is 409 g/mol. The summed E-state index contributed by atoms with van der Waals surface area (Å²) in [6, 6.07) is 12.4. The Labute approximate surface area is 175 Å². The first kappa shape index (κ1) is 20.6. The third-order valence-corrected chi connectivity index (χ3v) is 4.28. The molecule has 0 bridgehead atoms. The predicted octanol–water partition coefficient (Wildman–Crippen LogP) is 6.34. The number of aromatic nitrogens is 2. The lowest BCUT2D eigenvalue weighted by atomic mass is 10.0. The van der Waals surface area contributed by atoms with E-state index in [0.29, 0.717) is 34.6 Å². The molecular formula is C23H21ClN2O3. The highest BCUT2D eigenvalue weighted by Gasteiger charge is 2.07. The van der Waals surface area contributed by atoms with E-state index in [2.05, 4.69) is 9.97 Å². The largest absolute Gasteiger partial charge is 0.457 e. The first-order valence-corrected chi connectivity index (χ1v) is 9.56. The molecule has 0 amide bonds. The standard InChI is InChI=1S/C23H21ClN2O3/c1-16(13-17(2)27)3-4-18-5-8-23(26-15-18)29-22-7-6-20(14-21(22)24)28-19-9-11-25-12-10-19/h3-12,14-16H,13H2,1-2H3/b4-3+/t16-/m0/s1. The molecule has 0 N–H and O–H groups in total. The van der Waals surface area contributed by atoms with Gasteiger partial charge in [0.15, 0.2) is 0 Å². The number of hydrogen-bond acceptors (Lipinski definition) is 5. The second-order valence-electron chi connectivity index (χ2n) is 6.65. The lowest BCUT2D eigenvalue weighted by Crippen LogP contribution is -1.97. The fraction of sp³-hybridized carbons (Fsp3) is 0.174. The van der Waals surface area contributed by atoms with Gasteiger partial charge in [0, 0.05) is 37.1 Å².